The number of piperazine rings is 1. The molecule has 3 amide bonds. The number of pyridine rings is 1. The highest BCUT2D eigenvalue weighted by Gasteiger charge is 2.37. The van der Waals surface area contributed by atoms with Gasteiger partial charge in [-0.2, -0.15) is 4.98 Å². The highest BCUT2D eigenvalue weighted by molar-refractivity contribution is 7.13. The maximum atomic E-state index is 16.0. The van der Waals surface area contributed by atoms with E-state index in [9.17, 15) is 24.3 Å². The molecule has 9 heterocycles. The molecule has 21 heteroatoms. The van der Waals surface area contributed by atoms with E-state index in [0.717, 1.165) is 89.6 Å². The smallest absolute Gasteiger partial charge is 0.409 e. The molecule has 5 fully saturated rings. The van der Waals surface area contributed by atoms with E-state index in [0.29, 0.717) is 92.0 Å². The number of aromatic amines is 1. The normalized spacial score (nSPS) is 21.0. The third kappa shape index (κ3) is 13.4. The first-order valence-corrected chi connectivity index (χ1v) is 30.7. The van der Waals surface area contributed by atoms with Crippen molar-refractivity contribution in [1.82, 2.24) is 50.4 Å². The lowest BCUT2D eigenvalue weighted by atomic mass is 9.95. The van der Waals surface area contributed by atoms with E-state index < -0.39 is 17.5 Å². The van der Waals surface area contributed by atoms with Crippen LogP contribution in [0.4, 0.5) is 15.0 Å². The molecule has 6 atom stereocenters. The third-order valence-corrected chi connectivity index (χ3v) is 18.0. The summed E-state index contributed by atoms with van der Waals surface area (Å²) in [5.74, 6) is 0.248. The van der Waals surface area contributed by atoms with Crippen molar-refractivity contribution in [1.29, 1.82) is 0 Å². The average molecular weight is 1170 g/mol. The number of fused-ring (bicyclic) bond motifs is 4. The number of hydrogen-bond donors (Lipinski definition) is 4. The maximum Gasteiger partial charge on any atom is 0.409 e. The second kappa shape index (κ2) is 26.6. The maximum absolute atomic E-state index is 16.0. The number of phenols is 1. The van der Waals surface area contributed by atoms with Gasteiger partial charge in [-0.3, -0.25) is 19.5 Å². The van der Waals surface area contributed by atoms with Crippen molar-refractivity contribution in [3.8, 4) is 33.3 Å². The van der Waals surface area contributed by atoms with Gasteiger partial charge in [0.15, 0.2) is 5.82 Å². The summed E-state index contributed by atoms with van der Waals surface area (Å²) in [6, 6.07) is 19.6. The van der Waals surface area contributed by atoms with Crippen LogP contribution in [-0.4, -0.2) is 145 Å². The highest BCUT2D eigenvalue weighted by atomic mass is 32.1. The summed E-state index contributed by atoms with van der Waals surface area (Å²) < 4.78 is 33.1. The van der Waals surface area contributed by atoms with Crippen LogP contribution in [-0.2, 0) is 27.2 Å². The number of nitrogens with zero attached hydrogens (tertiary/aromatic N) is 8. The van der Waals surface area contributed by atoms with Gasteiger partial charge in [0, 0.05) is 87.6 Å². The summed E-state index contributed by atoms with van der Waals surface area (Å²) in [6.45, 7) is 15.9. The summed E-state index contributed by atoms with van der Waals surface area (Å²) in [4.78, 5) is 76.1. The molecule has 12 rings (SSSR count). The van der Waals surface area contributed by atoms with Gasteiger partial charge in [0.05, 0.1) is 39.4 Å². The number of amides is 3. The van der Waals surface area contributed by atoms with Crippen LogP contribution in [0, 0.1) is 12.7 Å². The summed E-state index contributed by atoms with van der Waals surface area (Å²) in [5.41, 5.74) is 6.07. The molecule has 3 aromatic carbocycles. The molecule has 0 aliphatic carbocycles. The largest absolute Gasteiger partial charge is 0.508 e. The molecule has 2 bridgehead atoms. The fraction of sp³-hybridized carbons (Fsp3) is 0.492. The standard InChI is InChI=1S/C35H46N6O6S.C25H24FN5O2.C3H8/c1-22-7-12-27(39(22)4)20-45-35(44)40-16-13-28(14-17-40)46-31-18-29(47-38-31)19-32(42)41-15-5-6-30(41)34(43)37-23(2)25-8-10-26(11-9-25)33-24(3)36-21-48-33;1-2-13-4-3-5-14-8-17(32)9-18(20(13)14)22-21(26)23-19(10-27-22)24(30-25(33)29-23)31-11-15-6-7-16(12-31)28-15;1-3-2/h8-11,18,21-23,27-28,30H,5-7,12-17,19-20H2,1-4H3,(H,37,43);3-5,8-10,15-16,28,32H,2,6-7,11-12H2,1H3,(H,29,30,33);3H2,1-2H3/t22-,23+,27+,30+;;/m1../s1. The molecule has 7 aromatic rings. The van der Waals surface area contributed by atoms with Crippen molar-refractivity contribution < 1.29 is 37.9 Å². The molecule has 0 spiro atoms. The Balaban J connectivity index is 0.000000190. The van der Waals surface area contributed by atoms with Gasteiger partial charge >= 0.3 is 11.8 Å². The number of piperidine rings is 1. The number of likely N-dealkylation sites (tertiary alicyclic amines) is 3. The first kappa shape index (κ1) is 59.7. The zero-order valence-electron chi connectivity index (χ0n) is 49.2. The van der Waals surface area contributed by atoms with E-state index in [-0.39, 0.29) is 59.5 Å². The molecule has 4 aromatic heterocycles. The minimum Gasteiger partial charge on any atom is -0.508 e. The number of thiazole rings is 1. The lowest BCUT2D eigenvalue weighted by Crippen LogP contribution is -2.51. The van der Waals surface area contributed by atoms with Crippen LogP contribution >= 0.6 is 11.3 Å². The van der Waals surface area contributed by atoms with Gasteiger partial charge in [-0.05, 0) is 118 Å². The Morgan fingerprint density at radius 2 is 1.70 bits per heavy atom. The number of likely N-dealkylation sites (N-methyl/N-ethyl adjacent to an activating group) is 1. The summed E-state index contributed by atoms with van der Waals surface area (Å²) in [5, 5.41) is 23.2. The molecule has 5 aliphatic rings. The number of aromatic nitrogens is 5. The quantitative estimate of drug-likeness (QED) is 0.0843. The first-order chi connectivity index (χ1) is 40.6. The minimum atomic E-state index is -0.621. The molecule has 5 saturated heterocycles. The summed E-state index contributed by atoms with van der Waals surface area (Å²) >= 11 is 1.61. The van der Waals surface area contributed by atoms with Crippen molar-refractivity contribution in [3.05, 3.63) is 111 Å². The van der Waals surface area contributed by atoms with Crippen molar-refractivity contribution in [2.45, 2.75) is 155 Å². The van der Waals surface area contributed by atoms with E-state index in [2.05, 4.69) is 85.5 Å². The van der Waals surface area contributed by atoms with Gasteiger partial charge < -0.3 is 49.4 Å². The molecule has 4 N–H and O–H groups in total. The van der Waals surface area contributed by atoms with Gasteiger partial charge in [0.1, 0.15) is 41.8 Å². The number of anilines is 1. The number of H-pyrrole nitrogens is 1. The SMILES string of the molecule is CCC.CCc1cccc2cc(O)cc(-c3ncc4c(N5CC6CCC(C5)N6)nc(=O)[nH]c4c3F)c12.Cc1ncsc1-c1ccc([C@H](C)NC(=O)[C@@H]2CCCN2C(=O)Cc2cc(OC3CCN(C(=O)OC[C@@H]4CC[C@@H](C)N4C)CC3)no2)cc1. The molecule has 19 nitrogen and oxygen atoms in total. The number of halogens is 1. The van der Waals surface area contributed by atoms with Gasteiger partial charge in [-0.1, -0.05) is 69.7 Å². The number of aromatic hydroxyl groups is 1. The molecule has 0 saturated carbocycles. The van der Waals surface area contributed by atoms with Gasteiger partial charge in [-0.25, -0.2) is 19.0 Å². The van der Waals surface area contributed by atoms with Gasteiger partial charge in [0.2, 0.25) is 11.8 Å². The Morgan fingerprint density at radius 3 is 2.39 bits per heavy atom. The van der Waals surface area contributed by atoms with Crippen molar-refractivity contribution >= 4 is 56.7 Å². The Hall–Kier alpha value is -7.49. The monoisotopic (exact) mass is 1170 g/mol. The lowest BCUT2D eigenvalue weighted by Gasteiger charge is -2.34. The predicted molar refractivity (Wildman–Crippen MR) is 323 cm³/mol. The number of nitrogens with one attached hydrogen (secondary N) is 3. The number of carbonyl (C=O) groups is 3. The molecule has 0 radical (unpaired) electrons. The van der Waals surface area contributed by atoms with Crippen LogP contribution in [0.25, 0.3) is 43.4 Å². The van der Waals surface area contributed by atoms with E-state index in [1.54, 1.807) is 39.5 Å². The Bertz CT molecular complexity index is 3500. The second-order valence-corrected chi connectivity index (χ2v) is 23.8. The van der Waals surface area contributed by atoms with Crippen LogP contribution < -0.4 is 26.0 Å². The zero-order valence-corrected chi connectivity index (χ0v) is 50.0. The summed E-state index contributed by atoms with van der Waals surface area (Å²) in [7, 11) is 2.08. The minimum absolute atomic E-state index is 0.00655. The van der Waals surface area contributed by atoms with Crippen LogP contribution in [0.3, 0.4) is 0 Å². The Morgan fingerprint density at radius 1 is 0.952 bits per heavy atom. The van der Waals surface area contributed by atoms with Crippen molar-refractivity contribution in [2.24, 2.45) is 0 Å². The van der Waals surface area contributed by atoms with E-state index in [1.165, 1.54) is 12.5 Å². The molecule has 2 unspecified atom stereocenters. The Labute approximate surface area is 493 Å². The first-order valence-electron chi connectivity index (χ1n) is 29.8. The van der Waals surface area contributed by atoms with Crippen molar-refractivity contribution in [3.63, 3.8) is 0 Å². The molecule has 446 valence electrons. The number of ether oxygens (including phenoxy) is 2. The van der Waals surface area contributed by atoms with E-state index in [1.807, 2.05) is 56.6 Å². The number of carbonyl (C=O) groups excluding carboxylic acids is 3. The van der Waals surface area contributed by atoms with Gasteiger partial charge in [0.25, 0.3) is 5.88 Å². The fourth-order valence-electron chi connectivity index (χ4n) is 12.3. The van der Waals surface area contributed by atoms with Crippen molar-refractivity contribution in [2.75, 3.05) is 51.3 Å². The second-order valence-electron chi connectivity index (χ2n) is 23.0. The Kier molecular flexibility index (Phi) is 18.9. The number of rotatable bonds is 13. The van der Waals surface area contributed by atoms with Crippen LogP contribution in [0.15, 0.2) is 81.7 Å². The topological polar surface area (TPSA) is 224 Å². The molecular formula is C63H78FN11O8S. The third-order valence-electron chi connectivity index (χ3n) is 17.0. The molecular weight excluding hydrogens is 1090 g/mol. The number of benzene rings is 3. The molecule has 84 heavy (non-hydrogen) atoms. The average Bonchev–Trinajstić information content (AvgIpc) is 4.49. The van der Waals surface area contributed by atoms with E-state index >= 15 is 4.39 Å². The van der Waals surface area contributed by atoms with Gasteiger partial charge in [-0.15, -0.1) is 11.3 Å². The van der Waals surface area contributed by atoms with E-state index in [4.69, 9.17) is 14.0 Å². The molecule has 5 aliphatic heterocycles. The number of aryl methyl sites for hydroxylation is 2. The van der Waals surface area contributed by atoms with Crippen LogP contribution in [0.5, 0.6) is 11.6 Å². The number of hydrogen-bond acceptors (Lipinski definition) is 16. The highest BCUT2D eigenvalue weighted by Crippen LogP contribution is 2.38. The predicted octanol–water partition coefficient (Wildman–Crippen LogP) is 9.88. The fourth-order valence-corrected chi connectivity index (χ4v) is 13.2. The van der Waals surface area contributed by atoms with Crippen LogP contribution in [0.1, 0.15) is 121 Å². The number of phenolic OH excluding ortho intramolecular Hbond substituents is 1. The van der Waals surface area contributed by atoms with Crippen LogP contribution in [0.2, 0.25) is 0 Å². The lowest BCUT2D eigenvalue weighted by molar-refractivity contribution is -0.138. The zero-order chi connectivity index (χ0) is 59.2. The summed E-state index contributed by atoms with van der Waals surface area (Å²) in [6.07, 6.45) is 10.2.